The Kier molecular flexibility index (Phi) is 3.44. The molecular formula is C14H10F6O. The summed E-state index contributed by atoms with van der Waals surface area (Å²) in [6, 6.07) is 7.87. The monoisotopic (exact) mass is 308 g/mol. The molecule has 21 heavy (non-hydrogen) atoms. The molecule has 0 saturated carbocycles. The van der Waals surface area contributed by atoms with Crippen LogP contribution in [-0.2, 0) is 5.60 Å². The van der Waals surface area contributed by atoms with Crippen molar-refractivity contribution in [1.82, 2.24) is 0 Å². The first-order chi connectivity index (χ1) is 9.50. The molecule has 0 saturated heterocycles. The molecule has 1 nitrogen and oxygen atoms in total. The molecule has 7 heteroatoms. The largest absolute Gasteiger partial charge is 0.430 e. The van der Waals surface area contributed by atoms with E-state index < -0.39 is 23.5 Å². The van der Waals surface area contributed by atoms with Gasteiger partial charge in [-0.1, -0.05) is 36.4 Å². The molecule has 1 N–H and O–H groups in total. The van der Waals surface area contributed by atoms with Gasteiger partial charge in [0.1, 0.15) is 0 Å². The maximum absolute atomic E-state index is 12.9. The van der Waals surface area contributed by atoms with Crippen LogP contribution in [-0.4, -0.2) is 17.5 Å². The average Bonchev–Trinajstić information content (AvgIpc) is 2.36. The molecule has 2 rings (SSSR count). The molecule has 0 amide bonds. The van der Waals surface area contributed by atoms with Gasteiger partial charge in [0.2, 0.25) is 0 Å². The molecule has 2 aromatic rings. The molecule has 0 fully saturated rings. The number of fused-ring (bicyclic) bond motifs is 1. The molecular weight excluding hydrogens is 298 g/mol. The van der Waals surface area contributed by atoms with E-state index in [1.807, 2.05) is 0 Å². The highest BCUT2D eigenvalue weighted by atomic mass is 19.4. The Morgan fingerprint density at radius 3 is 1.86 bits per heavy atom. The van der Waals surface area contributed by atoms with Crippen LogP contribution in [0.5, 0.6) is 0 Å². The Hall–Kier alpha value is -1.76. The third-order valence-corrected chi connectivity index (χ3v) is 3.41. The lowest BCUT2D eigenvalue weighted by Crippen LogP contribution is -2.54. The second kappa shape index (κ2) is 4.62. The summed E-state index contributed by atoms with van der Waals surface area (Å²) in [4.78, 5) is 0. The normalized spacial score (nSPS) is 13.7. The Balaban J connectivity index is 2.82. The van der Waals surface area contributed by atoms with Gasteiger partial charge in [0.25, 0.3) is 5.60 Å². The molecule has 0 unspecified atom stereocenters. The number of aliphatic hydroxyl groups is 1. The zero-order valence-electron chi connectivity index (χ0n) is 10.7. The Morgan fingerprint density at radius 2 is 1.33 bits per heavy atom. The summed E-state index contributed by atoms with van der Waals surface area (Å²) >= 11 is 0. The maximum atomic E-state index is 12.9. The predicted molar refractivity (Wildman–Crippen MR) is 64.7 cm³/mol. The average molecular weight is 308 g/mol. The van der Waals surface area contributed by atoms with E-state index >= 15 is 0 Å². The van der Waals surface area contributed by atoms with E-state index in [0.29, 0.717) is 11.5 Å². The van der Waals surface area contributed by atoms with Crippen LogP contribution >= 0.6 is 0 Å². The van der Waals surface area contributed by atoms with Crippen LogP contribution in [0.15, 0.2) is 36.4 Å². The fourth-order valence-corrected chi connectivity index (χ4v) is 2.29. The maximum Gasteiger partial charge on any atom is 0.430 e. The van der Waals surface area contributed by atoms with E-state index in [2.05, 4.69) is 0 Å². The Labute approximate surface area is 115 Å². The Morgan fingerprint density at radius 1 is 0.810 bits per heavy atom. The lowest BCUT2D eigenvalue weighted by Gasteiger charge is -2.34. The van der Waals surface area contributed by atoms with Gasteiger partial charge in [-0.25, -0.2) is 0 Å². The van der Waals surface area contributed by atoms with Crippen molar-refractivity contribution in [3.8, 4) is 0 Å². The number of rotatable bonds is 1. The number of hydrogen-bond donors (Lipinski definition) is 1. The third kappa shape index (κ3) is 2.25. The second-order valence-electron chi connectivity index (χ2n) is 4.67. The van der Waals surface area contributed by atoms with E-state index in [-0.39, 0.29) is 10.9 Å². The summed E-state index contributed by atoms with van der Waals surface area (Å²) in [6.07, 6.45) is -11.8. The van der Waals surface area contributed by atoms with Crippen LogP contribution in [0.1, 0.15) is 11.1 Å². The molecule has 0 aromatic heterocycles. The second-order valence-corrected chi connectivity index (χ2v) is 4.67. The molecule has 0 spiro atoms. The summed E-state index contributed by atoms with van der Waals surface area (Å²) in [6.45, 7) is 1.13. The lowest BCUT2D eigenvalue weighted by atomic mass is 9.86. The van der Waals surface area contributed by atoms with Crippen LogP contribution in [0.2, 0.25) is 0 Å². The highest BCUT2D eigenvalue weighted by Crippen LogP contribution is 2.51. The minimum atomic E-state index is -5.88. The van der Waals surface area contributed by atoms with Gasteiger partial charge in [0, 0.05) is 5.56 Å². The van der Waals surface area contributed by atoms with Gasteiger partial charge in [-0.15, -0.1) is 0 Å². The van der Waals surface area contributed by atoms with Gasteiger partial charge in [0.15, 0.2) is 0 Å². The summed E-state index contributed by atoms with van der Waals surface area (Å²) in [7, 11) is 0. The van der Waals surface area contributed by atoms with Gasteiger partial charge in [-0.05, 0) is 23.3 Å². The predicted octanol–water partition coefficient (Wildman–Crippen LogP) is 4.46. The minimum Gasteiger partial charge on any atom is -0.369 e. The lowest BCUT2D eigenvalue weighted by molar-refractivity contribution is -0.376. The summed E-state index contributed by atoms with van der Waals surface area (Å²) in [5.41, 5.74) is -6.36. The molecule has 0 aliphatic carbocycles. The van der Waals surface area contributed by atoms with E-state index in [1.54, 1.807) is 12.1 Å². The van der Waals surface area contributed by atoms with Crippen molar-refractivity contribution in [2.75, 3.05) is 0 Å². The number of hydrogen-bond acceptors (Lipinski definition) is 1. The van der Waals surface area contributed by atoms with Crippen LogP contribution < -0.4 is 0 Å². The number of alkyl halides is 6. The topological polar surface area (TPSA) is 20.2 Å². The zero-order chi connectivity index (χ0) is 16.1. The van der Waals surface area contributed by atoms with Crippen LogP contribution in [0.3, 0.4) is 0 Å². The van der Waals surface area contributed by atoms with Gasteiger partial charge in [-0.2, -0.15) is 26.3 Å². The van der Waals surface area contributed by atoms with Crippen molar-refractivity contribution in [3.63, 3.8) is 0 Å². The first kappa shape index (κ1) is 15.6. The quantitative estimate of drug-likeness (QED) is 0.771. The fraction of sp³-hybridized carbons (Fsp3) is 0.286. The highest BCUT2D eigenvalue weighted by Gasteiger charge is 2.71. The van der Waals surface area contributed by atoms with E-state index in [9.17, 15) is 31.4 Å². The van der Waals surface area contributed by atoms with E-state index in [0.717, 1.165) is 13.0 Å². The Bertz CT molecular complexity index is 657. The number of aryl methyl sites for hydroxylation is 1. The number of benzene rings is 2. The fourth-order valence-electron chi connectivity index (χ4n) is 2.29. The highest BCUT2D eigenvalue weighted by molar-refractivity contribution is 5.86. The molecule has 0 bridgehead atoms. The third-order valence-electron chi connectivity index (χ3n) is 3.41. The van der Waals surface area contributed by atoms with Crippen LogP contribution in [0.4, 0.5) is 26.3 Å². The van der Waals surface area contributed by atoms with E-state index in [1.165, 1.54) is 12.1 Å². The van der Waals surface area contributed by atoms with Crippen LogP contribution in [0, 0.1) is 6.92 Å². The van der Waals surface area contributed by atoms with E-state index in [4.69, 9.17) is 0 Å². The molecule has 0 aliphatic rings. The van der Waals surface area contributed by atoms with Crippen molar-refractivity contribution < 1.29 is 31.4 Å². The van der Waals surface area contributed by atoms with Gasteiger partial charge < -0.3 is 5.11 Å². The van der Waals surface area contributed by atoms with Gasteiger partial charge in [0.05, 0.1) is 0 Å². The van der Waals surface area contributed by atoms with Crippen molar-refractivity contribution >= 4 is 10.8 Å². The summed E-state index contributed by atoms with van der Waals surface area (Å²) in [5, 5.41) is 10.2. The smallest absolute Gasteiger partial charge is 0.369 e. The summed E-state index contributed by atoms with van der Waals surface area (Å²) < 4.78 is 77.4. The minimum absolute atomic E-state index is 0.224. The standard InChI is InChI=1S/C14H10F6O/c1-8-10-5-3-2-4-9(10)6-7-11(8)12(21,13(15,16)17)14(18,19)20/h2-7,21H,1H3. The molecule has 0 radical (unpaired) electrons. The van der Waals surface area contributed by atoms with Gasteiger partial charge in [-0.3, -0.25) is 0 Å². The molecule has 2 aromatic carbocycles. The first-order valence-corrected chi connectivity index (χ1v) is 5.85. The molecule has 0 heterocycles. The van der Waals surface area contributed by atoms with Crippen molar-refractivity contribution in [1.29, 1.82) is 0 Å². The van der Waals surface area contributed by atoms with Crippen molar-refractivity contribution in [2.45, 2.75) is 24.9 Å². The van der Waals surface area contributed by atoms with Crippen molar-refractivity contribution in [3.05, 3.63) is 47.5 Å². The van der Waals surface area contributed by atoms with Crippen molar-refractivity contribution in [2.24, 2.45) is 0 Å². The molecule has 0 atom stereocenters. The van der Waals surface area contributed by atoms with Gasteiger partial charge >= 0.3 is 12.4 Å². The summed E-state index contributed by atoms with van der Waals surface area (Å²) in [5.74, 6) is 0. The van der Waals surface area contributed by atoms with Crippen LogP contribution in [0.25, 0.3) is 10.8 Å². The molecule has 114 valence electrons. The SMILES string of the molecule is Cc1c(C(O)(C(F)(F)F)C(F)(F)F)ccc2ccccc12. The number of halogens is 6. The molecule has 0 aliphatic heterocycles. The first-order valence-electron chi connectivity index (χ1n) is 5.85. The zero-order valence-corrected chi connectivity index (χ0v) is 10.7.